The summed E-state index contributed by atoms with van der Waals surface area (Å²) in [6.45, 7) is 5.34. The van der Waals surface area contributed by atoms with E-state index in [0.29, 0.717) is 11.6 Å². The summed E-state index contributed by atoms with van der Waals surface area (Å²) >= 11 is 5.93. The highest BCUT2D eigenvalue weighted by Gasteiger charge is 2.41. The van der Waals surface area contributed by atoms with Crippen molar-refractivity contribution in [2.45, 2.75) is 102 Å². The number of aromatic nitrogens is 1. The minimum absolute atomic E-state index is 0.178. The molecule has 0 aliphatic heterocycles. The van der Waals surface area contributed by atoms with Crippen molar-refractivity contribution in [3.05, 3.63) is 34.5 Å². The van der Waals surface area contributed by atoms with E-state index in [0.717, 1.165) is 29.4 Å². The number of alkyl halides is 2. The lowest BCUT2D eigenvalue weighted by Crippen LogP contribution is -2.46. The number of nitrogens with one attached hydrogen (secondary N) is 2. The van der Waals surface area contributed by atoms with Crippen molar-refractivity contribution in [1.29, 1.82) is 0 Å². The summed E-state index contributed by atoms with van der Waals surface area (Å²) in [4.78, 5) is 13.8. The predicted molar refractivity (Wildman–Crippen MR) is 139 cm³/mol. The molecule has 35 heavy (non-hydrogen) atoms. The van der Waals surface area contributed by atoms with Crippen molar-refractivity contribution in [2.24, 2.45) is 0 Å². The molecule has 0 atom stereocenters. The molecule has 8 heteroatoms. The molecule has 0 radical (unpaired) electrons. The van der Waals surface area contributed by atoms with Crippen LogP contribution in [0.2, 0.25) is 5.02 Å². The van der Waals surface area contributed by atoms with E-state index in [1.165, 1.54) is 51.0 Å². The van der Waals surface area contributed by atoms with Crippen LogP contribution in [0.4, 0.5) is 8.78 Å². The number of carboxylic acid groups (broad SMARTS) is 1. The van der Waals surface area contributed by atoms with Gasteiger partial charge in [0.1, 0.15) is 0 Å². The Morgan fingerprint density at radius 3 is 2.29 bits per heavy atom. The molecule has 1 aromatic heterocycles. The molecule has 0 spiro atoms. The molecule has 1 aliphatic rings. The summed E-state index contributed by atoms with van der Waals surface area (Å²) in [7, 11) is 0. The highest BCUT2D eigenvalue weighted by molar-refractivity contribution is 6.35. The number of aryl methyl sites for hydroxylation is 1. The van der Waals surface area contributed by atoms with Gasteiger partial charge in [0.15, 0.2) is 0 Å². The molecule has 3 rings (SSSR count). The van der Waals surface area contributed by atoms with Gasteiger partial charge in [0.2, 0.25) is 5.92 Å². The molecule has 0 bridgehead atoms. The zero-order chi connectivity index (χ0) is 25.9. The number of hydrogen-bond donors (Lipinski definition) is 4. The summed E-state index contributed by atoms with van der Waals surface area (Å²) in [6.07, 6.45) is 12.1. The fraction of sp³-hybridized carbons (Fsp3) is 0.667. The Balaban J connectivity index is 0.000000266. The van der Waals surface area contributed by atoms with Crippen molar-refractivity contribution in [3.8, 4) is 0 Å². The zero-order valence-electron chi connectivity index (χ0n) is 21.1. The fourth-order valence-electron chi connectivity index (χ4n) is 4.52. The van der Waals surface area contributed by atoms with Gasteiger partial charge in [-0.1, -0.05) is 63.5 Å². The smallest absolute Gasteiger partial charge is 0.336 e. The third-order valence-corrected chi connectivity index (χ3v) is 7.17. The summed E-state index contributed by atoms with van der Waals surface area (Å²) in [5.41, 5.74) is 0.858. The topological polar surface area (TPSA) is 85.3 Å². The van der Waals surface area contributed by atoms with Gasteiger partial charge in [0.25, 0.3) is 0 Å². The van der Waals surface area contributed by atoms with Gasteiger partial charge < -0.3 is 20.5 Å². The first-order valence-corrected chi connectivity index (χ1v) is 13.3. The highest BCUT2D eigenvalue weighted by atomic mass is 35.5. The van der Waals surface area contributed by atoms with Gasteiger partial charge in [-0.2, -0.15) is 0 Å². The number of unbranched alkanes of at least 4 members (excludes halogenated alkanes) is 7. The van der Waals surface area contributed by atoms with E-state index >= 15 is 0 Å². The Morgan fingerprint density at radius 2 is 1.69 bits per heavy atom. The number of rotatable bonds is 12. The number of aliphatic hydroxyl groups is 1. The lowest BCUT2D eigenvalue weighted by atomic mass is 9.83. The molecule has 198 valence electrons. The molecule has 1 heterocycles. The molecule has 1 saturated carbocycles. The van der Waals surface area contributed by atoms with Gasteiger partial charge in [-0.15, -0.1) is 0 Å². The normalized spacial score (nSPS) is 16.6. The molecular formula is C27H41ClF2N2O3. The van der Waals surface area contributed by atoms with Crippen LogP contribution in [0.1, 0.15) is 99.9 Å². The summed E-state index contributed by atoms with van der Waals surface area (Å²) in [6, 6.07) is 3.29. The van der Waals surface area contributed by atoms with E-state index in [4.69, 9.17) is 16.7 Å². The fourth-order valence-corrected chi connectivity index (χ4v) is 4.78. The Kier molecular flexibility index (Phi) is 11.9. The van der Waals surface area contributed by atoms with Gasteiger partial charge in [-0.05, 0) is 50.4 Å². The van der Waals surface area contributed by atoms with Crippen LogP contribution >= 0.6 is 11.6 Å². The van der Waals surface area contributed by atoms with Crippen LogP contribution < -0.4 is 5.32 Å². The zero-order valence-corrected chi connectivity index (χ0v) is 21.8. The van der Waals surface area contributed by atoms with Crippen molar-refractivity contribution in [2.75, 3.05) is 13.1 Å². The van der Waals surface area contributed by atoms with Crippen molar-refractivity contribution < 1.29 is 23.8 Å². The number of benzene rings is 1. The second-order valence-corrected chi connectivity index (χ2v) is 10.2. The Labute approximate surface area is 212 Å². The summed E-state index contributed by atoms with van der Waals surface area (Å²) in [5.74, 6) is -3.52. The molecule has 1 aliphatic carbocycles. The van der Waals surface area contributed by atoms with Gasteiger partial charge in [0.05, 0.1) is 21.7 Å². The maximum absolute atomic E-state index is 13.1. The first-order valence-electron chi connectivity index (χ1n) is 12.9. The Bertz CT molecular complexity index is 923. The molecule has 4 N–H and O–H groups in total. The second-order valence-electron chi connectivity index (χ2n) is 9.83. The largest absolute Gasteiger partial charge is 0.478 e. The van der Waals surface area contributed by atoms with E-state index < -0.39 is 17.5 Å². The third kappa shape index (κ3) is 9.70. The highest BCUT2D eigenvalue weighted by Crippen LogP contribution is 2.38. The van der Waals surface area contributed by atoms with Crippen molar-refractivity contribution in [1.82, 2.24) is 10.3 Å². The third-order valence-electron chi connectivity index (χ3n) is 6.87. The van der Waals surface area contributed by atoms with Crippen LogP contribution in [0, 0.1) is 6.92 Å². The molecule has 1 fully saturated rings. The van der Waals surface area contributed by atoms with Gasteiger partial charge in [0, 0.05) is 31.0 Å². The van der Waals surface area contributed by atoms with Crippen LogP contribution in [0.3, 0.4) is 0 Å². The Hall–Kier alpha value is -1.70. The molecule has 1 aromatic carbocycles. The summed E-state index contributed by atoms with van der Waals surface area (Å²) < 4.78 is 26.1. The van der Waals surface area contributed by atoms with Crippen LogP contribution in [-0.4, -0.2) is 45.8 Å². The van der Waals surface area contributed by atoms with Crippen LogP contribution in [0.25, 0.3) is 10.9 Å². The Morgan fingerprint density at radius 1 is 1.09 bits per heavy atom. The monoisotopic (exact) mass is 514 g/mol. The molecular weight excluding hydrogens is 474 g/mol. The van der Waals surface area contributed by atoms with E-state index in [-0.39, 0.29) is 31.2 Å². The van der Waals surface area contributed by atoms with E-state index in [2.05, 4.69) is 17.2 Å². The molecule has 5 nitrogen and oxygen atoms in total. The van der Waals surface area contributed by atoms with Gasteiger partial charge in [-0.25, -0.2) is 13.6 Å². The average molecular weight is 515 g/mol. The maximum atomic E-state index is 13.1. The standard InChI is InChI=1S/C17H33F2NO.C10H8ClNO2/c1-2-3-4-5-6-7-8-9-14-20-15-16(21)10-12-17(18,19)13-11-16;1-5-6-2-3-12-9(6)8(11)4-7(5)10(13)14/h20-21H,2-15H2,1H3;2-4,12H,1H3,(H,13,14). The van der Waals surface area contributed by atoms with Gasteiger partial charge >= 0.3 is 5.97 Å². The number of H-pyrrole nitrogens is 1. The molecule has 0 unspecified atom stereocenters. The maximum Gasteiger partial charge on any atom is 0.336 e. The second kappa shape index (κ2) is 14.1. The van der Waals surface area contributed by atoms with Crippen LogP contribution in [0.15, 0.2) is 18.3 Å². The molecule has 2 aromatic rings. The first kappa shape index (κ1) is 29.5. The molecule has 0 amide bonds. The minimum atomic E-state index is -2.57. The number of halogens is 3. The molecule has 0 saturated heterocycles. The van der Waals surface area contributed by atoms with E-state index in [1.807, 2.05) is 6.07 Å². The minimum Gasteiger partial charge on any atom is -0.478 e. The summed E-state index contributed by atoms with van der Waals surface area (Å²) in [5, 5.41) is 23.7. The SMILES string of the molecule is CCCCCCCCCCNCC1(O)CCC(F)(F)CC1.Cc1c(C(=O)O)cc(Cl)c2[nH]ccc12. The van der Waals surface area contributed by atoms with Crippen molar-refractivity contribution in [3.63, 3.8) is 0 Å². The first-order chi connectivity index (χ1) is 16.6. The van der Waals surface area contributed by atoms with Gasteiger partial charge in [-0.3, -0.25) is 0 Å². The predicted octanol–water partition coefficient (Wildman–Crippen LogP) is 7.49. The lowest BCUT2D eigenvalue weighted by Gasteiger charge is -2.36. The number of aromatic amines is 1. The number of carboxylic acids is 1. The van der Waals surface area contributed by atoms with E-state index in [1.54, 1.807) is 13.1 Å². The van der Waals surface area contributed by atoms with E-state index in [9.17, 15) is 18.7 Å². The lowest BCUT2D eigenvalue weighted by molar-refractivity contribution is -0.102. The van der Waals surface area contributed by atoms with Crippen molar-refractivity contribution >= 4 is 28.5 Å². The quantitative estimate of drug-likeness (QED) is 0.221. The number of carbonyl (C=O) groups is 1. The average Bonchev–Trinajstić information content (AvgIpc) is 3.31. The number of aromatic carboxylic acids is 1. The number of hydrogen-bond acceptors (Lipinski definition) is 3. The number of fused-ring (bicyclic) bond motifs is 1. The van der Waals surface area contributed by atoms with Crippen LogP contribution in [0.5, 0.6) is 0 Å². The van der Waals surface area contributed by atoms with Crippen LogP contribution in [-0.2, 0) is 0 Å².